The molecule has 3 heterocycles. The molecule has 0 aromatic carbocycles. The quantitative estimate of drug-likeness (QED) is 0.304. The molecule has 108 valence electrons. The molecule has 20 heavy (non-hydrogen) atoms. The molecule has 10 nitrogen and oxygen atoms in total. The van der Waals surface area contributed by atoms with Crippen molar-refractivity contribution in [3.63, 3.8) is 0 Å². The molecule has 1 aliphatic rings. The number of hydrogen-bond donors (Lipinski definition) is 5. The zero-order valence-electron chi connectivity index (χ0n) is 10.2. The summed E-state index contributed by atoms with van der Waals surface area (Å²) in [7, 11) is 0. The van der Waals surface area contributed by atoms with Gasteiger partial charge in [-0.25, -0.2) is 9.97 Å². The van der Waals surface area contributed by atoms with Gasteiger partial charge in [-0.05, 0) is 0 Å². The molecule has 0 spiro atoms. The average Bonchev–Trinajstić information content (AvgIpc) is 2.98. The van der Waals surface area contributed by atoms with Crippen molar-refractivity contribution in [2.75, 3.05) is 6.61 Å². The van der Waals surface area contributed by atoms with E-state index in [1.54, 1.807) is 0 Å². The van der Waals surface area contributed by atoms with Gasteiger partial charge in [0.1, 0.15) is 24.6 Å². The number of aromatic nitrogens is 4. The molecule has 0 aliphatic carbocycles. The zero-order chi connectivity index (χ0) is 14.4. The van der Waals surface area contributed by atoms with Crippen molar-refractivity contribution in [3.05, 3.63) is 18.1 Å². The van der Waals surface area contributed by atoms with Crippen molar-refractivity contribution < 1.29 is 25.3 Å². The summed E-state index contributed by atoms with van der Waals surface area (Å²) in [4.78, 5) is 7.85. The monoisotopic (exact) mass is 285 g/mol. The fourth-order valence-electron chi connectivity index (χ4n) is 2.22. The fraction of sp³-hybridized carbons (Fsp3) is 0.500. The number of imidazole rings is 1. The lowest BCUT2D eigenvalue weighted by molar-refractivity contribution is -0.0511. The van der Waals surface area contributed by atoms with E-state index in [-0.39, 0.29) is 16.7 Å². The van der Waals surface area contributed by atoms with Gasteiger partial charge in [0.05, 0.1) is 12.9 Å². The van der Waals surface area contributed by atoms with Gasteiger partial charge in [-0.3, -0.25) is 9.98 Å². The Hall–Kier alpha value is -2.01. The van der Waals surface area contributed by atoms with E-state index in [1.165, 1.54) is 10.9 Å². The Morgan fingerprint density at radius 1 is 1.25 bits per heavy atom. The Bertz CT molecular complexity index is 697. The van der Waals surface area contributed by atoms with E-state index in [0.29, 0.717) is 4.73 Å². The Morgan fingerprint density at radius 3 is 2.65 bits per heavy atom. The Morgan fingerprint density at radius 2 is 2.00 bits per heavy atom. The summed E-state index contributed by atoms with van der Waals surface area (Å²) < 4.78 is 7.22. The summed E-state index contributed by atoms with van der Waals surface area (Å²) in [6, 6.07) is 0. The van der Waals surface area contributed by atoms with Crippen LogP contribution in [0.4, 0.5) is 0 Å². The summed E-state index contributed by atoms with van der Waals surface area (Å²) in [5.41, 5.74) is 0.0726. The predicted octanol–water partition coefficient (Wildman–Crippen LogP) is -2.44. The number of hydrogen-bond acceptors (Lipinski definition) is 8. The van der Waals surface area contributed by atoms with Crippen LogP contribution >= 0.6 is 0 Å². The molecule has 5 N–H and O–H groups in total. The van der Waals surface area contributed by atoms with E-state index in [0.717, 1.165) is 6.33 Å². The maximum atomic E-state index is 9.95. The first kappa shape index (κ1) is 13.0. The molecule has 3 rings (SSSR count). The summed E-state index contributed by atoms with van der Waals surface area (Å²) in [5, 5.41) is 45.7. The fourth-order valence-corrected chi connectivity index (χ4v) is 2.22. The molecule has 0 amide bonds. The number of nitrogens with one attached hydrogen (secondary N) is 1. The van der Waals surface area contributed by atoms with Crippen LogP contribution in [0.15, 0.2) is 12.7 Å². The Balaban J connectivity index is 2.08. The van der Waals surface area contributed by atoms with E-state index in [1.807, 2.05) is 0 Å². The molecule has 0 bridgehead atoms. The van der Waals surface area contributed by atoms with Gasteiger partial charge < -0.3 is 25.3 Å². The van der Waals surface area contributed by atoms with Crippen LogP contribution in [0, 0.1) is 5.41 Å². The second-order valence-corrected chi connectivity index (χ2v) is 4.49. The summed E-state index contributed by atoms with van der Waals surface area (Å²) in [5.74, 6) is 0. The minimum atomic E-state index is -1.26. The number of fused-ring (bicyclic) bond motifs is 1. The lowest BCUT2D eigenvalue weighted by atomic mass is 10.1. The van der Waals surface area contributed by atoms with E-state index >= 15 is 0 Å². The molecule has 2 aromatic heterocycles. The molecule has 10 heteroatoms. The maximum Gasteiger partial charge on any atom is 0.192 e. The van der Waals surface area contributed by atoms with Gasteiger partial charge in [-0.15, -0.1) is 0 Å². The molecule has 4 atom stereocenters. The second-order valence-electron chi connectivity index (χ2n) is 4.49. The van der Waals surface area contributed by atoms with Gasteiger partial charge in [0.2, 0.25) is 0 Å². The molecule has 1 fully saturated rings. The zero-order valence-corrected chi connectivity index (χ0v) is 10.2. The number of nitrogens with zero attached hydrogens (tertiary/aromatic N) is 4. The highest BCUT2D eigenvalue weighted by molar-refractivity contribution is 5.68. The van der Waals surface area contributed by atoms with Gasteiger partial charge in [-0.1, -0.05) is 0 Å². The summed E-state index contributed by atoms with van der Waals surface area (Å²) in [6.45, 7) is -0.435. The molecule has 0 saturated carbocycles. The highest BCUT2D eigenvalue weighted by atomic mass is 16.6. The molecular weight excluding hydrogens is 272 g/mol. The normalized spacial score (nSPS) is 30.1. The molecule has 1 aliphatic heterocycles. The van der Waals surface area contributed by atoms with Gasteiger partial charge in [-0.2, -0.15) is 4.73 Å². The molecule has 1 saturated heterocycles. The molecule has 2 aromatic rings. The number of rotatable bonds is 2. The Labute approximate surface area is 111 Å². The standard InChI is InChI=1S/C10H13N5O5/c11-8-5-9(13-3-15(8)19)14(2-12-5)10-7(18)6(17)4(1-16)20-10/h2-4,6-7,10-11,16-19H,1H2/t4-,6-,7-,10-/m1/s1/i11+1,12+1. The summed E-state index contributed by atoms with van der Waals surface area (Å²) in [6.07, 6.45) is -2.07. The Kier molecular flexibility index (Phi) is 2.94. The van der Waals surface area contributed by atoms with Gasteiger partial charge >= 0.3 is 0 Å². The van der Waals surface area contributed by atoms with Crippen molar-refractivity contribution in [1.29, 1.82) is 5.41 Å². The average molecular weight is 285 g/mol. The first-order chi connectivity index (χ1) is 9.54. The lowest BCUT2D eigenvalue weighted by Crippen LogP contribution is -2.33. The van der Waals surface area contributed by atoms with Crippen molar-refractivity contribution >= 4 is 11.2 Å². The first-order valence-electron chi connectivity index (χ1n) is 5.85. The molecule has 0 unspecified atom stereocenters. The van der Waals surface area contributed by atoms with Crippen LogP contribution in [-0.4, -0.2) is 64.7 Å². The van der Waals surface area contributed by atoms with Crippen LogP contribution in [0.2, 0.25) is 0 Å². The van der Waals surface area contributed by atoms with Crippen molar-refractivity contribution in [1.82, 2.24) is 19.3 Å². The van der Waals surface area contributed by atoms with Crippen LogP contribution in [0.3, 0.4) is 0 Å². The third kappa shape index (κ3) is 1.70. The largest absolute Gasteiger partial charge is 0.425 e. The van der Waals surface area contributed by atoms with E-state index < -0.39 is 31.1 Å². The smallest absolute Gasteiger partial charge is 0.192 e. The minimum Gasteiger partial charge on any atom is -0.425 e. The van der Waals surface area contributed by atoms with E-state index in [9.17, 15) is 15.4 Å². The number of aliphatic hydroxyl groups is 3. The molecular formula is C10H13N5O5. The van der Waals surface area contributed by atoms with Gasteiger partial charge in [0.25, 0.3) is 0 Å². The topological polar surface area (TPSA) is 150 Å². The first-order valence-corrected chi connectivity index (χ1v) is 5.85. The highest BCUT2D eigenvalue weighted by Gasteiger charge is 2.43. The van der Waals surface area contributed by atoms with E-state index in [2.05, 4.69) is 9.97 Å². The van der Waals surface area contributed by atoms with Crippen LogP contribution < -0.4 is 5.49 Å². The molecule has 0 radical (unpaired) electrons. The van der Waals surface area contributed by atoms with E-state index in [4.69, 9.17) is 15.3 Å². The second kappa shape index (κ2) is 4.52. The third-order valence-corrected chi connectivity index (χ3v) is 3.30. The van der Waals surface area contributed by atoms with Gasteiger partial charge in [0, 0.05) is 0 Å². The van der Waals surface area contributed by atoms with Crippen molar-refractivity contribution in [2.45, 2.75) is 24.5 Å². The van der Waals surface area contributed by atoms with Crippen LogP contribution in [-0.2, 0) is 4.74 Å². The summed E-state index contributed by atoms with van der Waals surface area (Å²) >= 11 is 0. The van der Waals surface area contributed by atoms with Crippen LogP contribution in [0.1, 0.15) is 6.23 Å². The van der Waals surface area contributed by atoms with Crippen molar-refractivity contribution in [2.24, 2.45) is 0 Å². The maximum absolute atomic E-state index is 9.95. The number of ether oxygens (including phenoxy) is 1. The predicted molar refractivity (Wildman–Crippen MR) is 61.6 cm³/mol. The van der Waals surface area contributed by atoms with Gasteiger partial charge in [0.15, 0.2) is 22.9 Å². The number of aliphatic hydroxyl groups excluding tert-OH is 3. The highest BCUT2D eigenvalue weighted by Crippen LogP contribution is 2.30. The lowest BCUT2D eigenvalue weighted by Gasteiger charge is -2.16. The third-order valence-electron chi connectivity index (χ3n) is 3.30. The van der Waals surface area contributed by atoms with Crippen molar-refractivity contribution in [3.8, 4) is 0 Å². The van der Waals surface area contributed by atoms with Crippen LogP contribution in [0.5, 0.6) is 0 Å². The van der Waals surface area contributed by atoms with Crippen LogP contribution in [0.25, 0.3) is 11.2 Å². The minimum absolute atomic E-state index is 0.118. The SMILES string of the molecule is [15NH]=c1c2[15n]cn([C@@H]3O[C@H](CO)[C@@H](O)[C@H]3O)c2ncn1O.